The Balaban J connectivity index is 2.08. The molecule has 2 aromatic carbocycles. The predicted octanol–water partition coefficient (Wildman–Crippen LogP) is 4.74. The third kappa shape index (κ3) is 4.26. The summed E-state index contributed by atoms with van der Waals surface area (Å²) in [6.07, 6.45) is 0.685. The summed E-state index contributed by atoms with van der Waals surface area (Å²) in [6, 6.07) is 17.7. The van der Waals surface area contributed by atoms with Crippen LogP contribution in [0, 0.1) is 13.8 Å². The lowest BCUT2D eigenvalue weighted by Gasteiger charge is -2.21. The quantitative estimate of drug-likeness (QED) is 0.697. The van der Waals surface area contributed by atoms with Crippen LogP contribution in [0.4, 0.5) is 10.7 Å². The second-order valence-corrected chi connectivity index (χ2v) is 7.77. The lowest BCUT2D eigenvalue weighted by Crippen LogP contribution is -2.25. The fourth-order valence-corrected chi connectivity index (χ4v) is 4.44. The Morgan fingerprint density at radius 3 is 2.19 bits per heavy atom. The van der Waals surface area contributed by atoms with Crippen molar-refractivity contribution in [2.75, 3.05) is 4.90 Å². The van der Waals surface area contributed by atoms with Gasteiger partial charge in [0, 0.05) is 18.2 Å². The molecule has 0 saturated heterocycles. The molecule has 0 fully saturated rings. The summed E-state index contributed by atoms with van der Waals surface area (Å²) >= 11 is 1.43. The normalized spacial score (nSPS) is 10.6. The zero-order valence-electron chi connectivity index (χ0n) is 15.7. The zero-order chi connectivity index (χ0) is 19.6. The molecule has 27 heavy (non-hydrogen) atoms. The predicted molar refractivity (Wildman–Crippen MR) is 111 cm³/mol. The lowest BCUT2D eigenvalue weighted by molar-refractivity contribution is -0.115. The van der Waals surface area contributed by atoms with E-state index < -0.39 is 5.91 Å². The van der Waals surface area contributed by atoms with Crippen molar-refractivity contribution in [2.45, 2.75) is 27.2 Å². The number of nitrogens with zero attached hydrogens (tertiary/aromatic N) is 1. The van der Waals surface area contributed by atoms with Gasteiger partial charge in [-0.2, -0.15) is 0 Å². The average molecular weight is 378 g/mol. The summed E-state index contributed by atoms with van der Waals surface area (Å²) in [7, 11) is 0. The minimum absolute atomic E-state index is 0.157. The number of primary amides is 1. The molecule has 3 aromatic rings. The van der Waals surface area contributed by atoms with Crippen LogP contribution < -0.4 is 10.6 Å². The van der Waals surface area contributed by atoms with E-state index in [0.29, 0.717) is 17.0 Å². The van der Waals surface area contributed by atoms with Crippen molar-refractivity contribution in [1.29, 1.82) is 0 Å². The van der Waals surface area contributed by atoms with Gasteiger partial charge in [0.15, 0.2) is 0 Å². The minimum Gasteiger partial charge on any atom is -0.366 e. The van der Waals surface area contributed by atoms with Crippen molar-refractivity contribution in [3.05, 3.63) is 81.7 Å². The molecule has 1 heterocycles. The van der Waals surface area contributed by atoms with Gasteiger partial charge in [0.05, 0.1) is 11.3 Å². The highest BCUT2D eigenvalue weighted by Gasteiger charge is 2.24. The first-order chi connectivity index (χ1) is 12.8. The van der Waals surface area contributed by atoms with Gasteiger partial charge in [0.2, 0.25) is 5.91 Å². The Bertz CT molecular complexity index is 973. The van der Waals surface area contributed by atoms with Gasteiger partial charge >= 0.3 is 0 Å². The summed E-state index contributed by atoms with van der Waals surface area (Å²) in [4.78, 5) is 27.1. The molecule has 0 saturated carbocycles. The van der Waals surface area contributed by atoms with E-state index in [1.807, 2.05) is 62.4 Å². The van der Waals surface area contributed by atoms with Gasteiger partial charge in [0.25, 0.3) is 5.91 Å². The summed E-state index contributed by atoms with van der Waals surface area (Å²) in [6.45, 7) is 5.47. The Morgan fingerprint density at radius 2 is 1.63 bits per heavy atom. The standard InChI is InChI=1S/C22H22N2O2S/c1-14-9-15(2)11-18(10-14)24(16(3)25)22-20(21(23)26)13-19(27-22)12-17-7-5-4-6-8-17/h4-11,13H,12H2,1-3H3,(H2,23,26). The van der Waals surface area contributed by atoms with E-state index in [4.69, 9.17) is 5.73 Å². The van der Waals surface area contributed by atoms with E-state index in [-0.39, 0.29) is 5.91 Å². The number of aryl methyl sites for hydroxylation is 2. The molecule has 2 amide bonds. The fraction of sp³-hybridized carbons (Fsp3) is 0.182. The highest BCUT2D eigenvalue weighted by atomic mass is 32.1. The summed E-state index contributed by atoms with van der Waals surface area (Å²) in [5, 5.41) is 0.575. The van der Waals surface area contributed by atoms with E-state index in [9.17, 15) is 9.59 Å². The number of carbonyl (C=O) groups excluding carboxylic acids is 2. The Labute approximate surface area is 163 Å². The van der Waals surface area contributed by atoms with Crippen LogP contribution >= 0.6 is 11.3 Å². The molecule has 4 nitrogen and oxygen atoms in total. The summed E-state index contributed by atoms with van der Waals surface area (Å²) in [5.41, 5.74) is 10.00. The van der Waals surface area contributed by atoms with Gasteiger partial charge in [-0.1, -0.05) is 36.4 Å². The van der Waals surface area contributed by atoms with E-state index in [0.717, 1.165) is 27.3 Å². The van der Waals surface area contributed by atoms with Crippen molar-refractivity contribution >= 4 is 33.8 Å². The maximum atomic E-state index is 12.5. The molecule has 0 unspecified atom stereocenters. The van der Waals surface area contributed by atoms with E-state index >= 15 is 0 Å². The van der Waals surface area contributed by atoms with Gasteiger partial charge in [-0.05, 0) is 48.7 Å². The fourth-order valence-electron chi connectivity index (χ4n) is 3.18. The minimum atomic E-state index is -0.531. The molecule has 0 aliphatic heterocycles. The molecular weight excluding hydrogens is 356 g/mol. The molecule has 1 aromatic heterocycles. The molecule has 0 atom stereocenters. The molecule has 138 valence electrons. The van der Waals surface area contributed by atoms with Crippen LogP contribution in [0.15, 0.2) is 54.6 Å². The number of amides is 2. The first-order valence-electron chi connectivity index (χ1n) is 8.70. The van der Waals surface area contributed by atoms with Gasteiger partial charge < -0.3 is 5.73 Å². The van der Waals surface area contributed by atoms with E-state index in [1.165, 1.54) is 18.3 Å². The van der Waals surface area contributed by atoms with Crippen molar-refractivity contribution in [3.8, 4) is 0 Å². The van der Waals surface area contributed by atoms with Crippen molar-refractivity contribution in [3.63, 3.8) is 0 Å². The molecule has 0 spiro atoms. The zero-order valence-corrected chi connectivity index (χ0v) is 16.5. The molecule has 0 aliphatic rings. The molecule has 0 bridgehead atoms. The Hall–Kier alpha value is -2.92. The van der Waals surface area contributed by atoms with Gasteiger partial charge in [-0.15, -0.1) is 11.3 Å². The highest BCUT2D eigenvalue weighted by Crippen LogP contribution is 2.38. The lowest BCUT2D eigenvalue weighted by atomic mass is 10.1. The smallest absolute Gasteiger partial charge is 0.251 e. The number of benzene rings is 2. The number of thiophene rings is 1. The SMILES string of the molecule is CC(=O)N(c1cc(C)cc(C)c1)c1sc(Cc2ccccc2)cc1C(N)=O. The molecule has 3 rings (SSSR count). The van der Waals surface area contributed by atoms with Crippen molar-refractivity contribution < 1.29 is 9.59 Å². The number of hydrogen-bond donors (Lipinski definition) is 1. The molecule has 0 aliphatic carbocycles. The first kappa shape index (κ1) is 18.9. The van der Waals surface area contributed by atoms with Crippen LogP contribution in [-0.4, -0.2) is 11.8 Å². The van der Waals surface area contributed by atoms with Crippen molar-refractivity contribution in [2.24, 2.45) is 5.73 Å². The van der Waals surface area contributed by atoms with Gasteiger partial charge in [0.1, 0.15) is 5.00 Å². The number of nitrogens with two attached hydrogens (primary N) is 1. The van der Waals surface area contributed by atoms with Gasteiger partial charge in [-0.3, -0.25) is 14.5 Å². The number of anilines is 2. The van der Waals surface area contributed by atoms with Crippen LogP contribution in [0.25, 0.3) is 0 Å². The third-order valence-corrected chi connectivity index (χ3v) is 5.35. The van der Waals surface area contributed by atoms with Crippen LogP contribution in [0.2, 0.25) is 0 Å². The van der Waals surface area contributed by atoms with Crippen LogP contribution in [0.1, 0.15) is 38.8 Å². The topological polar surface area (TPSA) is 63.4 Å². The average Bonchev–Trinajstić information content (AvgIpc) is 2.98. The van der Waals surface area contributed by atoms with Crippen molar-refractivity contribution in [1.82, 2.24) is 0 Å². The second kappa shape index (κ2) is 7.76. The number of hydrogen-bond acceptors (Lipinski definition) is 3. The maximum Gasteiger partial charge on any atom is 0.251 e. The summed E-state index contributed by atoms with van der Waals surface area (Å²) in [5.74, 6) is -0.688. The van der Waals surface area contributed by atoms with Crippen LogP contribution in [0.5, 0.6) is 0 Å². The van der Waals surface area contributed by atoms with E-state index in [2.05, 4.69) is 0 Å². The molecule has 2 N–H and O–H groups in total. The van der Waals surface area contributed by atoms with E-state index in [1.54, 1.807) is 11.0 Å². The highest BCUT2D eigenvalue weighted by molar-refractivity contribution is 7.16. The van der Waals surface area contributed by atoms with Crippen LogP contribution in [-0.2, 0) is 11.2 Å². The molecule has 5 heteroatoms. The monoisotopic (exact) mass is 378 g/mol. The maximum absolute atomic E-state index is 12.5. The second-order valence-electron chi connectivity index (χ2n) is 6.66. The van der Waals surface area contributed by atoms with Crippen LogP contribution in [0.3, 0.4) is 0 Å². The Kier molecular flexibility index (Phi) is 5.42. The molecule has 0 radical (unpaired) electrons. The largest absolute Gasteiger partial charge is 0.366 e. The number of carbonyl (C=O) groups is 2. The first-order valence-corrected chi connectivity index (χ1v) is 9.52. The van der Waals surface area contributed by atoms with Gasteiger partial charge in [-0.25, -0.2) is 0 Å². The molecular formula is C22H22N2O2S. The summed E-state index contributed by atoms with van der Waals surface area (Å²) < 4.78 is 0. The third-order valence-electron chi connectivity index (χ3n) is 4.23. The number of rotatable bonds is 5. The Morgan fingerprint density at radius 1 is 1.00 bits per heavy atom.